The first-order valence-corrected chi connectivity index (χ1v) is 9.23. The van der Waals surface area contributed by atoms with E-state index in [4.69, 9.17) is 23.2 Å². The molecule has 0 unspecified atom stereocenters. The summed E-state index contributed by atoms with van der Waals surface area (Å²) in [5.41, 5.74) is 3.12. The maximum atomic E-state index is 6.13. The van der Waals surface area contributed by atoms with Gasteiger partial charge in [-0.05, 0) is 47.9 Å². The van der Waals surface area contributed by atoms with E-state index in [0.29, 0.717) is 10.8 Å². The van der Waals surface area contributed by atoms with Crippen molar-refractivity contribution in [2.24, 2.45) is 0 Å². The monoisotopic (exact) mass is 385 g/mol. The molecule has 124 valence electrons. The average molecular weight is 386 g/mol. The van der Waals surface area contributed by atoms with Gasteiger partial charge in [0.15, 0.2) is 0 Å². The van der Waals surface area contributed by atoms with Crippen molar-refractivity contribution in [1.29, 1.82) is 0 Å². The highest BCUT2D eigenvalue weighted by Gasteiger charge is 2.13. The molecule has 0 atom stereocenters. The van der Waals surface area contributed by atoms with E-state index < -0.39 is 0 Å². The van der Waals surface area contributed by atoms with Crippen LogP contribution in [0.1, 0.15) is 5.56 Å². The lowest BCUT2D eigenvalue weighted by Crippen LogP contribution is -1.97. The summed E-state index contributed by atoms with van der Waals surface area (Å²) in [6.45, 7) is 2.02. The van der Waals surface area contributed by atoms with Crippen LogP contribution in [0.3, 0.4) is 0 Å². The number of rotatable bonds is 3. The summed E-state index contributed by atoms with van der Waals surface area (Å²) in [4.78, 5) is 10.7. The molecule has 0 saturated heterocycles. The van der Waals surface area contributed by atoms with Crippen LogP contribution in [0.4, 0.5) is 11.5 Å². The van der Waals surface area contributed by atoms with Gasteiger partial charge in [0, 0.05) is 15.6 Å². The summed E-state index contributed by atoms with van der Waals surface area (Å²) in [6, 6.07) is 18.0. The van der Waals surface area contributed by atoms with Crippen molar-refractivity contribution in [3.8, 4) is 10.4 Å². The van der Waals surface area contributed by atoms with Gasteiger partial charge < -0.3 is 5.32 Å². The number of fused-ring (bicyclic) bond motifs is 1. The molecular weight excluding hydrogens is 373 g/mol. The second kappa shape index (κ2) is 6.64. The Balaban J connectivity index is 1.83. The van der Waals surface area contributed by atoms with Crippen molar-refractivity contribution in [2.75, 3.05) is 5.32 Å². The Hall–Kier alpha value is -2.14. The number of aryl methyl sites for hydroxylation is 1. The van der Waals surface area contributed by atoms with Gasteiger partial charge in [-0.3, -0.25) is 0 Å². The average Bonchev–Trinajstić information content (AvgIpc) is 3.03. The predicted molar refractivity (Wildman–Crippen MR) is 107 cm³/mol. The minimum Gasteiger partial charge on any atom is -0.339 e. The Morgan fingerprint density at radius 2 is 1.76 bits per heavy atom. The van der Waals surface area contributed by atoms with Gasteiger partial charge in [-0.1, -0.05) is 48.0 Å². The quantitative estimate of drug-likeness (QED) is 0.397. The first-order chi connectivity index (χ1) is 12.1. The number of thiophene rings is 1. The number of halogens is 2. The molecule has 2 heterocycles. The number of aromatic nitrogens is 2. The molecule has 0 aliphatic heterocycles. The van der Waals surface area contributed by atoms with Crippen molar-refractivity contribution < 1.29 is 0 Å². The number of benzene rings is 2. The maximum absolute atomic E-state index is 6.13. The van der Waals surface area contributed by atoms with Gasteiger partial charge >= 0.3 is 0 Å². The largest absolute Gasteiger partial charge is 0.339 e. The van der Waals surface area contributed by atoms with Crippen LogP contribution < -0.4 is 5.32 Å². The Morgan fingerprint density at radius 3 is 2.56 bits per heavy atom. The zero-order chi connectivity index (χ0) is 17.4. The van der Waals surface area contributed by atoms with Crippen molar-refractivity contribution in [2.45, 2.75) is 6.92 Å². The Morgan fingerprint density at radius 1 is 0.960 bits per heavy atom. The van der Waals surface area contributed by atoms with Crippen LogP contribution in [-0.2, 0) is 0 Å². The molecule has 0 aliphatic carbocycles. The fourth-order valence-electron chi connectivity index (χ4n) is 2.59. The molecule has 0 spiro atoms. The molecule has 4 aromatic rings. The van der Waals surface area contributed by atoms with E-state index in [-0.39, 0.29) is 5.28 Å². The van der Waals surface area contributed by atoms with Crippen LogP contribution in [0.25, 0.3) is 20.7 Å². The molecule has 1 N–H and O–H groups in total. The number of nitrogens with one attached hydrogen (secondary N) is 1. The maximum Gasteiger partial charge on any atom is 0.225 e. The number of anilines is 2. The SMILES string of the molecule is Cc1ccc(Cl)cc1Nc1nc(Cl)nc2sc(-c3ccccc3)cc12. The number of nitrogens with zero attached hydrogens (tertiary/aromatic N) is 2. The van der Waals surface area contributed by atoms with E-state index in [9.17, 15) is 0 Å². The Kier molecular flexibility index (Phi) is 4.34. The minimum atomic E-state index is 0.219. The highest BCUT2D eigenvalue weighted by Crippen LogP contribution is 2.37. The van der Waals surface area contributed by atoms with Crippen LogP contribution >= 0.6 is 34.5 Å². The number of hydrogen-bond acceptors (Lipinski definition) is 4. The first kappa shape index (κ1) is 16.3. The van der Waals surface area contributed by atoms with Gasteiger partial charge in [0.1, 0.15) is 10.6 Å². The van der Waals surface area contributed by atoms with E-state index in [1.165, 1.54) is 0 Å². The second-order valence-electron chi connectivity index (χ2n) is 5.62. The highest BCUT2D eigenvalue weighted by atomic mass is 35.5. The highest BCUT2D eigenvalue weighted by molar-refractivity contribution is 7.22. The van der Waals surface area contributed by atoms with Gasteiger partial charge in [-0.25, -0.2) is 4.98 Å². The summed E-state index contributed by atoms with van der Waals surface area (Å²) in [5, 5.41) is 5.17. The third kappa shape index (κ3) is 3.33. The van der Waals surface area contributed by atoms with Crippen LogP contribution in [0.5, 0.6) is 0 Å². The predicted octanol–water partition coefficient (Wildman–Crippen LogP) is 6.72. The lowest BCUT2D eigenvalue weighted by molar-refractivity contribution is 1.23. The fraction of sp³-hybridized carbons (Fsp3) is 0.0526. The molecule has 2 aromatic carbocycles. The summed E-state index contributed by atoms with van der Waals surface area (Å²) < 4.78 is 0. The van der Waals surface area contributed by atoms with Crippen LogP contribution in [-0.4, -0.2) is 9.97 Å². The lowest BCUT2D eigenvalue weighted by Gasteiger charge is -2.10. The molecule has 2 aromatic heterocycles. The van der Waals surface area contributed by atoms with E-state index in [1.807, 2.05) is 43.3 Å². The molecule has 0 aliphatic rings. The smallest absolute Gasteiger partial charge is 0.225 e. The van der Waals surface area contributed by atoms with Crippen LogP contribution in [0.2, 0.25) is 10.3 Å². The summed E-state index contributed by atoms with van der Waals surface area (Å²) >= 11 is 13.8. The fourth-order valence-corrected chi connectivity index (χ4v) is 4.02. The summed E-state index contributed by atoms with van der Waals surface area (Å²) in [7, 11) is 0. The summed E-state index contributed by atoms with van der Waals surface area (Å²) in [5.74, 6) is 0.679. The van der Waals surface area contributed by atoms with Gasteiger partial charge in [-0.15, -0.1) is 11.3 Å². The van der Waals surface area contributed by atoms with Gasteiger partial charge in [-0.2, -0.15) is 4.98 Å². The molecule has 0 radical (unpaired) electrons. The molecular formula is C19H13Cl2N3S. The molecule has 0 saturated carbocycles. The standard InChI is InChI=1S/C19H13Cl2N3S/c1-11-7-8-13(20)9-15(11)22-17-14-10-16(12-5-3-2-4-6-12)25-18(14)24-19(21)23-17/h2-10H,1H3,(H,22,23,24). The molecule has 0 fully saturated rings. The van der Waals surface area contributed by atoms with Gasteiger partial charge in [0.2, 0.25) is 5.28 Å². The van der Waals surface area contributed by atoms with Crippen molar-refractivity contribution in [1.82, 2.24) is 9.97 Å². The Labute approximate surface area is 159 Å². The topological polar surface area (TPSA) is 37.8 Å². The van der Waals surface area contributed by atoms with Gasteiger partial charge in [0.25, 0.3) is 0 Å². The van der Waals surface area contributed by atoms with E-state index >= 15 is 0 Å². The van der Waals surface area contributed by atoms with Crippen molar-refractivity contribution in [3.63, 3.8) is 0 Å². The normalized spacial score (nSPS) is 11.0. The number of hydrogen-bond donors (Lipinski definition) is 1. The van der Waals surface area contributed by atoms with E-state index in [1.54, 1.807) is 11.3 Å². The molecule has 4 rings (SSSR count). The third-order valence-electron chi connectivity index (χ3n) is 3.88. The zero-order valence-electron chi connectivity index (χ0n) is 13.3. The summed E-state index contributed by atoms with van der Waals surface area (Å²) in [6.07, 6.45) is 0. The van der Waals surface area contributed by atoms with Crippen LogP contribution in [0.15, 0.2) is 54.6 Å². The van der Waals surface area contributed by atoms with Gasteiger partial charge in [0.05, 0.1) is 5.39 Å². The molecule has 0 bridgehead atoms. The minimum absolute atomic E-state index is 0.219. The molecule has 6 heteroatoms. The Bertz CT molecular complexity index is 1060. The van der Waals surface area contributed by atoms with Crippen molar-refractivity contribution in [3.05, 3.63) is 70.5 Å². The van der Waals surface area contributed by atoms with Crippen molar-refractivity contribution >= 4 is 56.3 Å². The van der Waals surface area contributed by atoms with Crippen LogP contribution in [0, 0.1) is 6.92 Å². The molecule has 25 heavy (non-hydrogen) atoms. The first-order valence-electron chi connectivity index (χ1n) is 7.66. The molecule has 3 nitrogen and oxygen atoms in total. The van der Waals surface area contributed by atoms with E-state index in [0.717, 1.165) is 31.9 Å². The lowest BCUT2D eigenvalue weighted by atomic mass is 10.1. The molecule has 0 amide bonds. The third-order valence-corrected chi connectivity index (χ3v) is 5.36. The second-order valence-corrected chi connectivity index (χ2v) is 7.43. The zero-order valence-corrected chi connectivity index (χ0v) is 15.6. The van der Waals surface area contributed by atoms with E-state index in [2.05, 4.69) is 33.5 Å².